The van der Waals surface area contributed by atoms with Crippen LogP contribution in [0, 0.1) is 5.92 Å². The van der Waals surface area contributed by atoms with E-state index in [1.807, 2.05) is 65.6 Å². The molecule has 0 aliphatic carbocycles. The van der Waals surface area contributed by atoms with Crippen molar-refractivity contribution in [2.24, 2.45) is 5.92 Å². The van der Waals surface area contributed by atoms with Gasteiger partial charge in [-0.15, -0.1) is 0 Å². The molecule has 0 spiro atoms. The van der Waals surface area contributed by atoms with Crippen molar-refractivity contribution in [3.8, 4) is 39.4 Å². The van der Waals surface area contributed by atoms with E-state index in [1.165, 1.54) is 24.7 Å². The molecule has 2 aliphatic heterocycles. The minimum Gasteiger partial charge on any atom is -0.481 e. The molecule has 1 atom stereocenters. The molecule has 2 aliphatic rings. The van der Waals surface area contributed by atoms with Crippen molar-refractivity contribution in [3.63, 3.8) is 0 Å². The maximum Gasteiger partial charge on any atom is 0.410 e. The maximum absolute atomic E-state index is 13.3. The van der Waals surface area contributed by atoms with Crippen LogP contribution in [0.4, 0.5) is 4.79 Å². The van der Waals surface area contributed by atoms with E-state index in [-0.39, 0.29) is 42.5 Å². The lowest BCUT2D eigenvalue weighted by Gasteiger charge is -2.36. The summed E-state index contributed by atoms with van der Waals surface area (Å²) in [5, 5.41) is 3.81. The summed E-state index contributed by atoms with van der Waals surface area (Å²) < 4.78 is 17.8. The molecular formula is C43H44Cl2N6O7. The number of nitrogens with zero attached hydrogens (tertiary/aromatic N) is 5. The van der Waals surface area contributed by atoms with Crippen LogP contribution in [0.25, 0.3) is 39.2 Å². The highest BCUT2D eigenvalue weighted by atomic mass is 35.5. The summed E-state index contributed by atoms with van der Waals surface area (Å²) in [6.07, 6.45) is 2.20. The first-order chi connectivity index (χ1) is 27.7. The predicted molar refractivity (Wildman–Crippen MR) is 221 cm³/mol. The number of amides is 2. The second-order valence-electron chi connectivity index (χ2n) is 15.5. The van der Waals surface area contributed by atoms with Gasteiger partial charge in [0.05, 0.1) is 48.1 Å². The van der Waals surface area contributed by atoms with Crippen LogP contribution in [-0.4, -0.2) is 87.6 Å². The van der Waals surface area contributed by atoms with Crippen molar-refractivity contribution < 1.29 is 28.6 Å². The number of hydrogen-bond donors (Lipinski definition) is 1. The quantitative estimate of drug-likeness (QED) is 0.138. The van der Waals surface area contributed by atoms with Gasteiger partial charge in [0.2, 0.25) is 11.8 Å². The summed E-state index contributed by atoms with van der Waals surface area (Å²) in [6, 6.07) is 19.9. The van der Waals surface area contributed by atoms with Crippen LogP contribution < -0.4 is 15.6 Å². The summed E-state index contributed by atoms with van der Waals surface area (Å²) in [4.78, 5) is 63.3. The highest BCUT2D eigenvalue weighted by Gasteiger charge is 2.34. The fraction of sp³-hybridized carbons (Fsp3) is 0.349. The van der Waals surface area contributed by atoms with Crippen LogP contribution in [-0.2, 0) is 32.2 Å². The number of hydrogen-bond acceptors (Lipinski definition) is 10. The van der Waals surface area contributed by atoms with Crippen LogP contribution in [0.5, 0.6) is 5.88 Å². The number of esters is 1. The van der Waals surface area contributed by atoms with E-state index in [9.17, 15) is 19.2 Å². The van der Waals surface area contributed by atoms with Crippen molar-refractivity contribution >= 4 is 46.8 Å². The molecule has 0 saturated carbocycles. The Balaban J connectivity index is 1.15. The molecule has 302 valence electrons. The number of nitrogens with one attached hydrogen (secondary N) is 1. The van der Waals surface area contributed by atoms with Crippen LogP contribution in [0.15, 0.2) is 77.7 Å². The fourth-order valence-electron chi connectivity index (χ4n) is 7.28. The van der Waals surface area contributed by atoms with Gasteiger partial charge >= 0.3 is 12.1 Å². The molecule has 5 heterocycles. The molecule has 2 aromatic carbocycles. The molecular weight excluding hydrogens is 783 g/mol. The smallest absolute Gasteiger partial charge is 0.410 e. The number of carbonyl (C=O) groups excluding carboxylic acids is 3. The number of likely N-dealkylation sites (tertiary alicyclic amines) is 1. The average Bonchev–Trinajstić information content (AvgIpc) is 3.59. The van der Waals surface area contributed by atoms with Crippen LogP contribution in [0.3, 0.4) is 0 Å². The highest BCUT2D eigenvalue weighted by molar-refractivity contribution is 6.39. The van der Waals surface area contributed by atoms with Gasteiger partial charge in [-0.25, -0.2) is 14.8 Å². The van der Waals surface area contributed by atoms with E-state index < -0.39 is 11.7 Å². The summed E-state index contributed by atoms with van der Waals surface area (Å²) in [5.74, 6) is -0.139. The van der Waals surface area contributed by atoms with Gasteiger partial charge < -0.3 is 24.4 Å². The summed E-state index contributed by atoms with van der Waals surface area (Å²) in [7, 11) is 2.90. The lowest BCUT2D eigenvalue weighted by atomic mass is 9.97. The first-order valence-electron chi connectivity index (χ1n) is 18.9. The Kier molecular flexibility index (Phi) is 11.8. The minimum atomic E-state index is -0.712. The third kappa shape index (κ3) is 8.81. The van der Waals surface area contributed by atoms with E-state index in [0.717, 1.165) is 11.1 Å². The molecule has 5 aromatic rings. The van der Waals surface area contributed by atoms with Gasteiger partial charge in [-0.3, -0.25) is 23.7 Å². The minimum absolute atomic E-state index is 0.0421. The van der Waals surface area contributed by atoms with Crippen molar-refractivity contribution in [1.82, 2.24) is 29.5 Å². The fourth-order valence-corrected chi connectivity index (χ4v) is 7.94. The molecule has 1 N–H and O–H groups in total. The Morgan fingerprint density at radius 1 is 0.914 bits per heavy atom. The molecule has 2 saturated heterocycles. The Bertz CT molecular complexity index is 2460. The van der Waals surface area contributed by atoms with E-state index in [2.05, 4.69) is 5.32 Å². The largest absolute Gasteiger partial charge is 0.481 e. The maximum atomic E-state index is 13.3. The zero-order chi connectivity index (χ0) is 41.3. The number of halogens is 2. The van der Waals surface area contributed by atoms with Gasteiger partial charge in [0.25, 0.3) is 5.56 Å². The number of pyridine rings is 2. The van der Waals surface area contributed by atoms with Crippen molar-refractivity contribution in [2.75, 3.05) is 33.9 Å². The molecule has 0 radical (unpaired) electrons. The van der Waals surface area contributed by atoms with Gasteiger partial charge in [-0.2, -0.15) is 0 Å². The first-order valence-corrected chi connectivity index (χ1v) is 19.7. The third-order valence-electron chi connectivity index (χ3n) is 10.1. The van der Waals surface area contributed by atoms with Crippen molar-refractivity contribution in [2.45, 2.75) is 58.3 Å². The van der Waals surface area contributed by atoms with Gasteiger partial charge in [0, 0.05) is 78.7 Å². The Morgan fingerprint density at radius 2 is 1.60 bits per heavy atom. The number of methoxy groups -OCH3 is 2. The monoisotopic (exact) mass is 826 g/mol. The summed E-state index contributed by atoms with van der Waals surface area (Å²) in [6.45, 7) is 7.36. The number of rotatable bonds is 11. The molecule has 0 unspecified atom stereocenters. The third-order valence-corrected chi connectivity index (χ3v) is 11.0. The number of carbonyl (C=O) groups is 3. The van der Waals surface area contributed by atoms with Gasteiger partial charge in [0.1, 0.15) is 11.2 Å². The number of fused-ring (bicyclic) bond motifs is 1. The SMILES string of the molecule is COC(=O)C1CN(Cc2cc(=O)n3ccc(-c4cccc(-c5cccc(-c6ccc(CN(C[C@@H]7CCC(=O)N7)C(=O)OC(C)(C)C)c(OC)n6)c5Cl)c4Cl)cc3n2)C1. The van der Waals surface area contributed by atoms with E-state index in [1.54, 1.807) is 31.9 Å². The molecule has 13 nitrogen and oxygen atoms in total. The van der Waals surface area contributed by atoms with Crippen LogP contribution in [0.2, 0.25) is 10.0 Å². The van der Waals surface area contributed by atoms with Crippen LogP contribution in [0.1, 0.15) is 44.9 Å². The standard InChI is InChI=1S/C43H44Cl2N6O7/c1-43(2,3)58-42(55)50(24-28-13-15-36(52)47-28)22-26-12-14-34(48-40(26)56-4)33-11-7-10-32(39(33)45)31-9-6-8-30(38(31)44)25-16-17-51-35(18-25)46-29(19-37(51)53)23-49-20-27(21-49)41(54)57-5/h6-12,14,16-19,27-28H,13,15,20-24H2,1-5H3,(H,47,52)/t28-/m0/s1. The Hall–Kier alpha value is -5.50. The number of ether oxygens (including phenoxy) is 3. The Labute approximate surface area is 345 Å². The van der Waals surface area contributed by atoms with Gasteiger partial charge in [-0.1, -0.05) is 59.6 Å². The number of benzene rings is 2. The molecule has 15 heteroatoms. The second kappa shape index (κ2) is 16.8. The molecule has 3 aromatic heterocycles. The van der Waals surface area contributed by atoms with Gasteiger partial charge in [0.15, 0.2) is 0 Å². The van der Waals surface area contributed by atoms with E-state index in [4.69, 9.17) is 47.4 Å². The molecule has 58 heavy (non-hydrogen) atoms. The topological polar surface area (TPSA) is 145 Å². The van der Waals surface area contributed by atoms with Gasteiger partial charge in [-0.05, 0) is 57.0 Å². The second-order valence-corrected chi connectivity index (χ2v) is 16.3. The van der Waals surface area contributed by atoms with Crippen LogP contribution >= 0.6 is 23.2 Å². The van der Waals surface area contributed by atoms with E-state index in [0.29, 0.717) is 87.7 Å². The van der Waals surface area contributed by atoms with Crippen molar-refractivity contribution in [3.05, 3.63) is 105 Å². The summed E-state index contributed by atoms with van der Waals surface area (Å²) >= 11 is 14.3. The van der Waals surface area contributed by atoms with Crippen molar-refractivity contribution in [1.29, 1.82) is 0 Å². The highest BCUT2D eigenvalue weighted by Crippen LogP contribution is 2.42. The zero-order valence-corrected chi connectivity index (χ0v) is 34.4. The molecule has 2 amide bonds. The normalized spacial score (nSPS) is 15.8. The molecule has 7 rings (SSSR count). The zero-order valence-electron chi connectivity index (χ0n) is 32.9. The Morgan fingerprint density at radius 3 is 2.26 bits per heavy atom. The first kappa shape index (κ1) is 40.7. The lowest BCUT2D eigenvalue weighted by molar-refractivity contribution is -0.151. The summed E-state index contributed by atoms with van der Waals surface area (Å²) in [5.41, 5.74) is 4.85. The molecule has 2 fully saturated rings. The average molecular weight is 828 g/mol. The molecule has 0 bridgehead atoms. The predicted octanol–water partition coefficient (Wildman–Crippen LogP) is 7.03. The lowest BCUT2D eigenvalue weighted by Crippen LogP contribution is -2.50. The number of aromatic nitrogens is 3. The van der Waals surface area contributed by atoms with E-state index >= 15 is 0 Å².